The number of nitrogens with two attached hydrogens (primary N) is 1. The van der Waals surface area contributed by atoms with E-state index in [1.807, 2.05) is 48.5 Å². The highest BCUT2D eigenvalue weighted by Gasteiger charge is 2.14. The summed E-state index contributed by atoms with van der Waals surface area (Å²) in [6, 6.07) is 25.3. The zero-order valence-corrected chi connectivity index (χ0v) is 15.6. The zero-order chi connectivity index (χ0) is 19.9. The first-order valence-corrected chi connectivity index (χ1v) is 8.83. The van der Waals surface area contributed by atoms with E-state index in [4.69, 9.17) is 17.3 Å². The number of hydrogen-bond donors (Lipinski definition) is 2. The molecule has 5 nitrogen and oxygen atoms in total. The van der Waals surface area contributed by atoms with Crippen LogP contribution in [0.2, 0.25) is 5.02 Å². The third-order valence-corrected chi connectivity index (χ3v) is 4.15. The molecule has 0 aliphatic carbocycles. The second-order valence-electron chi connectivity index (χ2n) is 5.92. The van der Waals surface area contributed by atoms with Crippen LogP contribution in [0, 0.1) is 11.3 Å². The van der Waals surface area contributed by atoms with Gasteiger partial charge >= 0.3 is 0 Å². The highest BCUT2D eigenvalue weighted by atomic mass is 35.5. The van der Waals surface area contributed by atoms with E-state index in [2.05, 4.69) is 5.32 Å². The number of para-hydroxylation sites is 1. The molecule has 0 fully saturated rings. The maximum atomic E-state index is 12.6. The minimum absolute atomic E-state index is 0.0550. The van der Waals surface area contributed by atoms with Gasteiger partial charge in [0.05, 0.1) is 0 Å². The molecule has 0 aromatic heterocycles. The fraction of sp³-hybridized carbons (Fsp3) is 0. The lowest BCUT2D eigenvalue weighted by Crippen LogP contribution is -2.17. The number of benzene rings is 3. The summed E-state index contributed by atoms with van der Waals surface area (Å²) >= 11 is 5.95. The van der Waals surface area contributed by atoms with E-state index >= 15 is 0 Å². The first-order valence-electron chi connectivity index (χ1n) is 8.45. The SMILES string of the molecule is N#C/C(=C/N(c1ccccc1)c1ccc(N)cc1)C(=O)Nc1cccc(Cl)c1. The maximum Gasteiger partial charge on any atom is 0.267 e. The third kappa shape index (κ3) is 4.70. The number of hydrogen-bond acceptors (Lipinski definition) is 4. The molecule has 3 rings (SSSR count). The van der Waals surface area contributed by atoms with Gasteiger partial charge in [-0.15, -0.1) is 0 Å². The highest BCUT2D eigenvalue weighted by Crippen LogP contribution is 2.27. The standard InChI is InChI=1S/C22H17ClN4O/c23-17-5-4-6-19(13-17)26-22(28)16(14-24)15-27(20-7-2-1-3-8-20)21-11-9-18(25)10-12-21/h1-13,15H,25H2,(H,26,28)/b16-15-. The molecular weight excluding hydrogens is 372 g/mol. The van der Waals surface area contributed by atoms with Crippen LogP contribution >= 0.6 is 11.6 Å². The summed E-state index contributed by atoms with van der Waals surface area (Å²) in [5.41, 5.74) is 8.43. The Morgan fingerprint density at radius 2 is 1.68 bits per heavy atom. The molecule has 0 unspecified atom stereocenters. The maximum absolute atomic E-state index is 12.6. The normalized spacial score (nSPS) is 10.8. The van der Waals surface area contributed by atoms with Crippen LogP contribution in [0.15, 0.2) is 90.6 Å². The molecule has 6 heteroatoms. The monoisotopic (exact) mass is 388 g/mol. The van der Waals surface area contributed by atoms with Crippen LogP contribution in [0.3, 0.4) is 0 Å². The molecule has 0 atom stereocenters. The fourth-order valence-corrected chi connectivity index (χ4v) is 2.74. The Kier molecular flexibility index (Phi) is 5.95. The van der Waals surface area contributed by atoms with Gasteiger partial charge in [-0.05, 0) is 54.6 Å². The Hall–Kier alpha value is -3.75. The van der Waals surface area contributed by atoms with Crippen molar-refractivity contribution < 1.29 is 4.79 Å². The summed E-state index contributed by atoms with van der Waals surface area (Å²) in [5.74, 6) is -0.527. The Balaban J connectivity index is 1.96. The molecule has 3 aromatic carbocycles. The summed E-state index contributed by atoms with van der Waals surface area (Å²) in [4.78, 5) is 14.4. The Morgan fingerprint density at radius 1 is 1.00 bits per heavy atom. The predicted molar refractivity (Wildman–Crippen MR) is 113 cm³/mol. The average Bonchev–Trinajstić information content (AvgIpc) is 2.70. The molecule has 3 N–H and O–H groups in total. The lowest BCUT2D eigenvalue weighted by Gasteiger charge is -2.21. The van der Waals surface area contributed by atoms with Gasteiger partial charge in [0.25, 0.3) is 5.91 Å². The summed E-state index contributed by atoms with van der Waals surface area (Å²) in [5, 5.41) is 12.7. The first kappa shape index (κ1) is 19.0. The molecule has 0 aliphatic heterocycles. The second-order valence-corrected chi connectivity index (χ2v) is 6.35. The minimum atomic E-state index is -0.527. The van der Waals surface area contributed by atoms with Crippen molar-refractivity contribution >= 4 is 40.3 Å². The van der Waals surface area contributed by atoms with Crippen LogP contribution in [-0.4, -0.2) is 5.91 Å². The number of rotatable bonds is 5. The van der Waals surface area contributed by atoms with Crippen LogP contribution in [-0.2, 0) is 4.79 Å². The predicted octanol–water partition coefficient (Wildman–Crippen LogP) is 5.11. The Bertz CT molecular complexity index is 1040. The molecule has 0 bridgehead atoms. The van der Waals surface area contributed by atoms with Crippen LogP contribution in [0.25, 0.3) is 0 Å². The first-order chi connectivity index (χ1) is 13.6. The van der Waals surface area contributed by atoms with E-state index in [0.717, 1.165) is 11.4 Å². The van der Waals surface area contributed by atoms with E-state index in [9.17, 15) is 10.1 Å². The van der Waals surface area contributed by atoms with Crippen LogP contribution in [0.5, 0.6) is 0 Å². The quantitative estimate of drug-likeness (QED) is 0.361. The van der Waals surface area contributed by atoms with Gasteiger partial charge in [-0.2, -0.15) is 5.26 Å². The molecule has 0 saturated carbocycles. The molecule has 28 heavy (non-hydrogen) atoms. The van der Waals surface area contributed by atoms with Crippen LogP contribution in [0.1, 0.15) is 0 Å². The molecule has 0 radical (unpaired) electrons. The lowest BCUT2D eigenvalue weighted by molar-refractivity contribution is -0.112. The molecule has 0 saturated heterocycles. The number of nitrogen functional groups attached to an aromatic ring is 1. The van der Waals surface area contributed by atoms with Gasteiger partial charge in [-0.1, -0.05) is 35.9 Å². The van der Waals surface area contributed by atoms with Crippen molar-refractivity contribution in [3.8, 4) is 6.07 Å². The van der Waals surface area contributed by atoms with Gasteiger partial charge in [0.1, 0.15) is 11.6 Å². The van der Waals surface area contributed by atoms with Gasteiger partial charge in [0.15, 0.2) is 0 Å². The number of carbonyl (C=O) groups excluding carboxylic acids is 1. The van der Waals surface area contributed by atoms with Crippen molar-refractivity contribution in [3.05, 3.63) is 95.7 Å². The van der Waals surface area contributed by atoms with E-state index in [0.29, 0.717) is 16.4 Å². The van der Waals surface area contributed by atoms with Gasteiger partial charge in [-0.25, -0.2) is 0 Å². The number of nitrogens with one attached hydrogen (secondary N) is 1. The van der Waals surface area contributed by atoms with Gasteiger partial charge in [0, 0.05) is 34.0 Å². The number of nitriles is 1. The van der Waals surface area contributed by atoms with Crippen LogP contribution in [0.4, 0.5) is 22.7 Å². The van der Waals surface area contributed by atoms with E-state index in [1.165, 1.54) is 6.20 Å². The van der Waals surface area contributed by atoms with Crippen LogP contribution < -0.4 is 16.0 Å². The number of carbonyl (C=O) groups is 1. The van der Waals surface area contributed by atoms with Crippen molar-refractivity contribution in [2.24, 2.45) is 0 Å². The number of amides is 1. The van der Waals surface area contributed by atoms with Gasteiger partial charge in [-0.3, -0.25) is 4.79 Å². The number of halogens is 1. The summed E-state index contributed by atoms with van der Waals surface area (Å²) in [6.45, 7) is 0. The van der Waals surface area contributed by atoms with Crippen molar-refractivity contribution in [2.45, 2.75) is 0 Å². The Morgan fingerprint density at radius 3 is 2.32 bits per heavy atom. The summed E-state index contributed by atoms with van der Waals surface area (Å²) in [7, 11) is 0. The molecule has 0 heterocycles. The van der Waals surface area contributed by atoms with E-state index < -0.39 is 5.91 Å². The van der Waals surface area contributed by atoms with E-state index in [-0.39, 0.29) is 5.57 Å². The zero-order valence-electron chi connectivity index (χ0n) is 14.8. The number of nitrogens with zero attached hydrogens (tertiary/aromatic N) is 2. The molecule has 3 aromatic rings. The lowest BCUT2D eigenvalue weighted by atomic mass is 10.2. The largest absolute Gasteiger partial charge is 0.399 e. The van der Waals surface area contributed by atoms with Crippen molar-refractivity contribution in [2.75, 3.05) is 16.0 Å². The molecular formula is C22H17ClN4O. The number of anilines is 4. The summed E-state index contributed by atoms with van der Waals surface area (Å²) in [6.07, 6.45) is 1.50. The highest BCUT2D eigenvalue weighted by molar-refractivity contribution is 6.31. The minimum Gasteiger partial charge on any atom is -0.399 e. The van der Waals surface area contributed by atoms with Gasteiger partial charge < -0.3 is 16.0 Å². The second kappa shape index (κ2) is 8.76. The average molecular weight is 389 g/mol. The molecule has 0 spiro atoms. The van der Waals surface area contributed by atoms with Crippen molar-refractivity contribution in [3.63, 3.8) is 0 Å². The summed E-state index contributed by atoms with van der Waals surface area (Å²) < 4.78 is 0. The molecule has 0 aliphatic rings. The Labute approximate surface area is 168 Å². The van der Waals surface area contributed by atoms with Crippen molar-refractivity contribution in [1.29, 1.82) is 5.26 Å². The fourth-order valence-electron chi connectivity index (χ4n) is 2.55. The third-order valence-electron chi connectivity index (χ3n) is 3.91. The molecule has 1 amide bonds. The molecule has 138 valence electrons. The van der Waals surface area contributed by atoms with Crippen molar-refractivity contribution in [1.82, 2.24) is 0 Å². The van der Waals surface area contributed by atoms with E-state index in [1.54, 1.807) is 41.3 Å². The smallest absolute Gasteiger partial charge is 0.267 e. The van der Waals surface area contributed by atoms with Gasteiger partial charge in [0.2, 0.25) is 0 Å². The topological polar surface area (TPSA) is 82.2 Å².